The van der Waals surface area contributed by atoms with Crippen molar-refractivity contribution in [2.75, 3.05) is 6.54 Å². The largest absolute Gasteiger partial charge is 0.310 e. The van der Waals surface area contributed by atoms with Crippen molar-refractivity contribution < 1.29 is 8.42 Å². The molecule has 0 saturated heterocycles. The quantitative estimate of drug-likeness (QED) is 0.931. The minimum atomic E-state index is -3.24. The van der Waals surface area contributed by atoms with Crippen molar-refractivity contribution in [1.29, 1.82) is 0 Å². The van der Waals surface area contributed by atoms with Gasteiger partial charge in [-0.25, -0.2) is 8.42 Å². The molecule has 0 radical (unpaired) electrons. The minimum Gasteiger partial charge on any atom is -0.310 e. The SMILES string of the molecule is O=S1(=O)C=C(CNC2CC2)c2ccc(Br)cc21. The normalized spacial score (nSPS) is 21.1. The van der Waals surface area contributed by atoms with Gasteiger partial charge in [0, 0.05) is 22.5 Å². The topological polar surface area (TPSA) is 46.2 Å². The average molecular weight is 314 g/mol. The number of rotatable bonds is 3. The van der Waals surface area contributed by atoms with Crippen LogP contribution in [0, 0.1) is 0 Å². The Morgan fingerprint density at radius 1 is 1.35 bits per heavy atom. The zero-order valence-electron chi connectivity index (χ0n) is 9.11. The second-order valence-electron chi connectivity index (χ2n) is 4.48. The highest BCUT2D eigenvalue weighted by atomic mass is 79.9. The molecule has 1 saturated carbocycles. The van der Waals surface area contributed by atoms with Crippen LogP contribution in [0.1, 0.15) is 18.4 Å². The summed E-state index contributed by atoms with van der Waals surface area (Å²) >= 11 is 3.31. The fourth-order valence-corrected chi connectivity index (χ4v) is 4.01. The Labute approximate surface area is 109 Å². The van der Waals surface area contributed by atoms with Crippen molar-refractivity contribution in [2.45, 2.75) is 23.8 Å². The fourth-order valence-electron chi connectivity index (χ4n) is 1.99. The molecular weight excluding hydrogens is 302 g/mol. The Hall–Kier alpha value is -0.650. The van der Waals surface area contributed by atoms with E-state index in [9.17, 15) is 8.42 Å². The minimum absolute atomic E-state index is 0.416. The highest BCUT2D eigenvalue weighted by Crippen LogP contribution is 2.35. The summed E-state index contributed by atoms with van der Waals surface area (Å²) in [5, 5.41) is 4.74. The van der Waals surface area contributed by atoms with Gasteiger partial charge in [0.15, 0.2) is 0 Å². The van der Waals surface area contributed by atoms with Crippen molar-refractivity contribution in [3.63, 3.8) is 0 Å². The third-order valence-electron chi connectivity index (χ3n) is 3.05. The van der Waals surface area contributed by atoms with Crippen LogP contribution >= 0.6 is 15.9 Å². The van der Waals surface area contributed by atoms with E-state index in [1.165, 1.54) is 18.2 Å². The van der Waals surface area contributed by atoms with E-state index in [0.29, 0.717) is 17.5 Å². The van der Waals surface area contributed by atoms with E-state index in [4.69, 9.17) is 0 Å². The van der Waals surface area contributed by atoms with Crippen molar-refractivity contribution >= 4 is 31.3 Å². The monoisotopic (exact) mass is 313 g/mol. The maximum absolute atomic E-state index is 12.0. The smallest absolute Gasteiger partial charge is 0.200 e. The first-order valence-corrected chi connectivity index (χ1v) is 7.89. The second kappa shape index (κ2) is 3.93. The van der Waals surface area contributed by atoms with Crippen molar-refractivity contribution in [3.8, 4) is 0 Å². The van der Waals surface area contributed by atoms with Crippen LogP contribution in [0.4, 0.5) is 0 Å². The van der Waals surface area contributed by atoms with Gasteiger partial charge in [-0.2, -0.15) is 0 Å². The maximum Gasteiger partial charge on any atom is 0.200 e. The van der Waals surface area contributed by atoms with Crippen molar-refractivity contribution in [2.24, 2.45) is 0 Å². The molecule has 0 atom stereocenters. The first-order chi connectivity index (χ1) is 8.06. The number of halogens is 1. The Balaban J connectivity index is 1.96. The first-order valence-electron chi connectivity index (χ1n) is 5.55. The number of sulfone groups is 1. The van der Waals surface area contributed by atoms with Crippen LogP contribution in [0.15, 0.2) is 33.0 Å². The first kappa shape index (κ1) is 11.4. The maximum atomic E-state index is 12.0. The molecular formula is C12H12BrNO2S. The van der Waals surface area contributed by atoms with E-state index < -0.39 is 9.84 Å². The van der Waals surface area contributed by atoms with E-state index in [0.717, 1.165) is 15.6 Å². The van der Waals surface area contributed by atoms with Crippen LogP contribution in [0.5, 0.6) is 0 Å². The lowest BCUT2D eigenvalue weighted by Gasteiger charge is -2.05. The summed E-state index contributed by atoms with van der Waals surface area (Å²) < 4.78 is 24.7. The number of hydrogen-bond donors (Lipinski definition) is 1. The summed E-state index contributed by atoms with van der Waals surface area (Å²) in [6.45, 7) is 0.637. The zero-order valence-corrected chi connectivity index (χ0v) is 11.5. The van der Waals surface area contributed by atoms with E-state index >= 15 is 0 Å². The molecule has 1 aliphatic carbocycles. The van der Waals surface area contributed by atoms with Crippen LogP contribution in [0.2, 0.25) is 0 Å². The molecule has 1 N–H and O–H groups in total. The van der Waals surface area contributed by atoms with Gasteiger partial charge in [0.1, 0.15) is 0 Å². The number of benzene rings is 1. The third kappa shape index (κ3) is 2.19. The summed E-state index contributed by atoms with van der Waals surface area (Å²) in [5.41, 5.74) is 1.71. The van der Waals surface area contributed by atoms with Crippen molar-refractivity contribution in [1.82, 2.24) is 5.32 Å². The van der Waals surface area contributed by atoms with E-state index in [-0.39, 0.29) is 0 Å². The molecule has 1 aromatic carbocycles. The molecule has 3 rings (SSSR count). The second-order valence-corrected chi connectivity index (χ2v) is 7.16. The van der Waals surface area contributed by atoms with Crippen LogP contribution in [0.3, 0.4) is 0 Å². The lowest BCUT2D eigenvalue weighted by atomic mass is 10.1. The zero-order chi connectivity index (χ0) is 12.0. The predicted octanol–water partition coefficient (Wildman–Crippen LogP) is 2.33. The molecule has 2 aliphatic rings. The number of hydrogen-bond acceptors (Lipinski definition) is 3. The van der Waals surface area contributed by atoms with Crippen LogP contribution < -0.4 is 5.32 Å². The van der Waals surface area contributed by atoms with Gasteiger partial charge in [-0.3, -0.25) is 0 Å². The van der Waals surface area contributed by atoms with Gasteiger partial charge >= 0.3 is 0 Å². The van der Waals surface area contributed by atoms with Gasteiger partial charge in [-0.15, -0.1) is 0 Å². The van der Waals surface area contributed by atoms with Gasteiger partial charge in [0.2, 0.25) is 9.84 Å². The molecule has 1 fully saturated rings. The fraction of sp³-hybridized carbons (Fsp3) is 0.333. The molecule has 0 amide bonds. The van der Waals surface area contributed by atoms with Gasteiger partial charge < -0.3 is 5.32 Å². The standard InChI is InChI=1S/C12H12BrNO2S/c13-9-1-4-11-8(6-14-10-2-3-10)7-17(15,16)12(11)5-9/h1,4-5,7,10,14H,2-3,6H2. The van der Waals surface area contributed by atoms with E-state index in [1.54, 1.807) is 6.07 Å². The van der Waals surface area contributed by atoms with Crippen molar-refractivity contribution in [3.05, 3.63) is 33.6 Å². The van der Waals surface area contributed by atoms with Gasteiger partial charge in [-0.05, 0) is 36.1 Å². The van der Waals surface area contributed by atoms with E-state index in [1.807, 2.05) is 12.1 Å². The third-order valence-corrected chi connectivity index (χ3v) is 5.09. The Bertz CT molecular complexity index is 603. The summed E-state index contributed by atoms with van der Waals surface area (Å²) in [7, 11) is -3.24. The molecule has 5 heteroatoms. The summed E-state index contributed by atoms with van der Waals surface area (Å²) in [6, 6.07) is 6.00. The van der Waals surface area contributed by atoms with Crippen LogP contribution in [0.25, 0.3) is 5.57 Å². The highest BCUT2D eigenvalue weighted by molar-refractivity contribution is 9.10. The molecule has 3 nitrogen and oxygen atoms in total. The lowest BCUT2D eigenvalue weighted by molar-refractivity contribution is 0.605. The van der Waals surface area contributed by atoms with Gasteiger partial charge in [0.05, 0.1) is 4.90 Å². The molecule has 0 bridgehead atoms. The molecule has 0 spiro atoms. The van der Waals surface area contributed by atoms with E-state index in [2.05, 4.69) is 21.2 Å². The molecule has 1 heterocycles. The summed E-state index contributed by atoms with van der Waals surface area (Å²) in [5.74, 6) is 0. The molecule has 1 aliphatic heterocycles. The number of nitrogens with one attached hydrogen (secondary N) is 1. The Morgan fingerprint density at radius 3 is 2.82 bits per heavy atom. The van der Waals surface area contributed by atoms with Crippen LogP contribution in [-0.2, 0) is 9.84 Å². The molecule has 90 valence electrons. The molecule has 0 aromatic heterocycles. The highest BCUT2D eigenvalue weighted by Gasteiger charge is 2.28. The Morgan fingerprint density at radius 2 is 2.12 bits per heavy atom. The molecule has 1 aromatic rings. The lowest BCUT2D eigenvalue weighted by Crippen LogP contribution is -2.18. The molecule has 0 unspecified atom stereocenters. The summed E-state index contributed by atoms with van der Waals surface area (Å²) in [4.78, 5) is 0.416. The number of fused-ring (bicyclic) bond motifs is 1. The average Bonchev–Trinajstić information content (AvgIpc) is 3.04. The van der Waals surface area contributed by atoms with Gasteiger partial charge in [-0.1, -0.05) is 22.0 Å². The Kier molecular flexibility index (Phi) is 2.65. The predicted molar refractivity (Wildman–Crippen MR) is 70.3 cm³/mol. The van der Waals surface area contributed by atoms with Gasteiger partial charge in [0.25, 0.3) is 0 Å². The van der Waals surface area contributed by atoms with Crippen LogP contribution in [-0.4, -0.2) is 21.0 Å². The summed E-state index contributed by atoms with van der Waals surface area (Å²) in [6.07, 6.45) is 2.40. The molecule has 17 heavy (non-hydrogen) atoms.